The highest BCUT2D eigenvalue weighted by Gasteiger charge is 2.45. The minimum atomic E-state index is -1.47. The van der Waals surface area contributed by atoms with E-state index in [0.717, 1.165) is 21.5 Å². The number of fused-ring (bicyclic) bond motifs is 1. The Morgan fingerprint density at radius 3 is 1.83 bits per heavy atom. The number of rotatable bonds is 3. The number of hydrogen-bond acceptors (Lipinski definition) is 7. The van der Waals surface area contributed by atoms with Crippen molar-refractivity contribution in [3.63, 3.8) is 0 Å². The summed E-state index contributed by atoms with van der Waals surface area (Å²) in [5.41, 5.74) is -3.69. The monoisotopic (exact) mass is 421 g/mol. The number of aromatic nitrogens is 2. The molecule has 0 bridgehead atoms. The van der Waals surface area contributed by atoms with E-state index in [-0.39, 0.29) is 11.4 Å². The molecule has 0 spiro atoms. The van der Waals surface area contributed by atoms with Crippen LogP contribution < -0.4 is 16.4 Å². The van der Waals surface area contributed by atoms with Gasteiger partial charge in [0.05, 0.1) is 0 Å². The van der Waals surface area contributed by atoms with Gasteiger partial charge in [-0.3, -0.25) is 9.59 Å². The number of carbonyl (C=O) groups excluding carboxylic acids is 2. The maximum absolute atomic E-state index is 13.2. The number of hydrogen-bond donors (Lipinski definition) is 1. The highest BCUT2D eigenvalue weighted by molar-refractivity contribution is 6.02. The van der Waals surface area contributed by atoms with Crippen LogP contribution in [0.1, 0.15) is 68.4 Å². The van der Waals surface area contributed by atoms with E-state index in [1.807, 2.05) is 20.8 Å². The number of nitrogens with one attached hydrogen (secondary N) is 1. The predicted octanol–water partition coefficient (Wildman–Crippen LogP) is 1.80. The molecule has 0 amide bonds. The molecule has 9 heteroatoms. The average molecular weight is 421 g/mol. The van der Waals surface area contributed by atoms with Crippen molar-refractivity contribution >= 4 is 17.8 Å². The van der Waals surface area contributed by atoms with E-state index in [0.29, 0.717) is 0 Å². The summed E-state index contributed by atoms with van der Waals surface area (Å²) in [6.45, 7) is 15.5. The Morgan fingerprint density at radius 2 is 1.37 bits per heavy atom. The van der Waals surface area contributed by atoms with E-state index in [4.69, 9.17) is 9.47 Å². The molecule has 1 aromatic rings. The molecule has 0 saturated carbocycles. The van der Waals surface area contributed by atoms with Crippen LogP contribution in [0.15, 0.2) is 27.3 Å². The number of carbonyl (C=O) groups is 2. The van der Waals surface area contributed by atoms with Gasteiger partial charge in [-0.2, -0.15) is 4.68 Å². The highest BCUT2D eigenvalue weighted by atomic mass is 16.6. The molecule has 0 aliphatic carbocycles. The molecule has 0 radical (unpaired) electrons. The first-order chi connectivity index (χ1) is 13.4. The lowest BCUT2D eigenvalue weighted by atomic mass is 10.0. The molecule has 1 N–H and O–H groups in total. The molecule has 1 aliphatic heterocycles. The zero-order valence-electron chi connectivity index (χ0n) is 19.1. The molecule has 1 aromatic heterocycles. The van der Waals surface area contributed by atoms with E-state index in [2.05, 4.69) is 5.32 Å². The fourth-order valence-electron chi connectivity index (χ4n) is 2.91. The second kappa shape index (κ2) is 7.45. The van der Waals surface area contributed by atoms with Crippen molar-refractivity contribution < 1.29 is 19.1 Å². The lowest BCUT2D eigenvalue weighted by molar-refractivity contribution is -0.161. The van der Waals surface area contributed by atoms with Crippen molar-refractivity contribution in [2.75, 3.05) is 0 Å². The van der Waals surface area contributed by atoms with Gasteiger partial charge in [-0.25, -0.2) is 14.3 Å². The van der Waals surface area contributed by atoms with Gasteiger partial charge in [-0.1, -0.05) is 0 Å². The van der Waals surface area contributed by atoms with E-state index in [1.165, 1.54) is 0 Å². The van der Waals surface area contributed by atoms with Crippen molar-refractivity contribution in [2.24, 2.45) is 0 Å². The van der Waals surface area contributed by atoms with Crippen molar-refractivity contribution in [3.05, 3.63) is 38.4 Å². The predicted molar refractivity (Wildman–Crippen MR) is 112 cm³/mol. The van der Waals surface area contributed by atoms with Crippen LogP contribution in [0.25, 0.3) is 5.82 Å². The second-order valence-corrected chi connectivity index (χ2v) is 10.2. The number of ether oxygens (including phenoxy) is 2. The Kier molecular flexibility index (Phi) is 5.82. The van der Waals surface area contributed by atoms with Crippen LogP contribution in [0.2, 0.25) is 0 Å². The largest absolute Gasteiger partial charge is 0.458 e. The fourth-order valence-corrected chi connectivity index (χ4v) is 2.91. The second-order valence-electron chi connectivity index (χ2n) is 10.2. The Hall–Kier alpha value is -2.84. The highest BCUT2D eigenvalue weighted by Crippen LogP contribution is 2.33. The van der Waals surface area contributed by atoms with Gasteiger partial charge in [0.25, 0.3) is 11.1 Å². The van der Waals surface area contributed by atoms with Crippen LogP contribution in [-0.2, 0) is 19.1 Å². The molecule has 0 fully saturated rings. The summed E-state index contributed by atoms with van der Waals surface area (Å²) in [6, 6.07) is 0.682. The first-order valence-electron chi connectivity index (χ1n) is 9.75. The molecule has 9 nitrogen and oxygen atoms in total. The van der Waals surface area contributed by atoms with Crippen LogP contribution in [0, 0.1) is 0 Å². The van der Waals surface area contributed by atoms with Crippen LogP contribution >= 0.6 is 0 Å². The quantitative estimate of drug-likeness (QED) is 0.741. The Morgan fingerprint density at radius 1 is 0.867 bits per heavy atom. The van der Waals surface area contributed by atoms with E-state index in [9.17, 15) is 19.2 Å². The molecule has 1 atom stereocenters. The average Bonchev–Trinajstić information content (AvgIpc) is 2.82. The van der Waals surface area contributed by atoms with Gasteiger partial charge in [0.1, 0.15) is 22.6 Å². The van der Waals surface area contributed by atoms with Gasteiger partial charge in [-0.15, -0.1) is 0 Å². The van der Waals surface area contributed by atoms with Crippen LogP contribution in [0.3, 0.4) is 0 Å². The molecule has 166 valence electrons. The molecule has 2 rings (SSSR count). The zero-order chi connectivity index (χ0) is 23.2. The first kappa shape index (κ1) is 23.4. The third-order valence-electron chi connectivity index (χ3n) is 3.75. The summed E-state index contributed by atoms with van der Waals surface area (Å²) in [7, 11) is 0. The molecule has 2 heterocycles. The summed E-state index contributed by atoms with van der Waals surface area (Å²) in [4.78, 5) is 51.7. The topological polar surface area (TPSA) is 109 Å². The van der Waals surface area contributed by atoms with Gasteiger partial charge in [0.15, 0.2) is 6.04 Å². The smallest absolute Gasteiger partial charge is 0.341 e. The molecule has 1 aliphatic rings. The van der Waals surface area contributed by atoms with Crippen molar-refractivity contribution in [1.29, 1.82) is 0 Å². The summed E-state index contributed by atoms with van der Waals surface area (Å²) in [6.07, 6.45) is 0. The normalized spacial score (nSPS) is 16.9. The maximum atomic E-state index is 13.2. The maximum Gasteiger partial charge on any atom is 0.341 e. The Balaban J connectivity index is 2.84. The number of esters is 2. The first-order valence-corrected chi connectivity index (χ1v) is 9.75. The minimum absolute atomic E-state index is 0.0234. The molecule has 30 heavy (non-hydrogen) atoms. The summed E-state index contributed by atoms with van der Waals surface area (Å²) in [5.74, 6) is -1.63. The summed E-state index contributed by atoms with van der Waals surface area (Å²) >= 11 is 0. The summed E-state index contributed by atoms with van der Waals surface area (Å²) in [5, 5.41) is 3.08. The SMILES string of the molecule is CC(C)(C)NC1=C(C(=O)OC(C)(C)C)C(C(=O)OC(C)(C)C)n2c(=O)ccc(=O)n21. The Bertz CT molecular complexity index is 1010. The third kappa shape index (κ3) is 5.20. The third-order valence-corrected chi connectivity index (χ3v) is 3.75. The van der Waals surface area contributed by atoms with Gasteiger partial charge >= 0.3 is 11.9 Å². The van der Waals surface area contributed by atoms with Crippen molar-refractivity contribution in [1.82, 2.24) is 14.7 Å². The van der Waals surface area contributed by atoms with Crippen LogP contribution in [0.5, 0.6) is 0 Å². The van der Waals surface area contributed by atoms with Crippen molar-refractivity contribution in [3.8, 4) is 0 Å². The van der Waals surface area contributed by atoms with Gasteiger partial charge < -0.3 is 14.8 Å². The molecule has 1 unspecified atom stereocenters. The molecule has 0 saturated heterocycles. The van der Waals surface area contributed by atoms with Crippen LogP contribution in [-0.4, -0.2) is 38.0 Å². The molecular formula is C21H31N3O6. The fraction of sp³-hybridized carbons (Fsp3) is 0.619. The van der Waals surface area contributed by atoms with Gasteiger partial charge in [-0.05, 0) is 62.3 Å². The lowest BCUT2D eigenvalue weighted by Crippen LogP contribution is -2.43. The van der Waals surface area contributed by atoms with Gasteiger partial charge in [0.2, 0.25) is 0 Å². The van der Waals surface area contributed by atoms with E-state index < -0.39 is 45.8 Å². The standard InChI is InChI=1S/C21H31N3O6/c1-19(2,3)22-16-14(17(27)29-20(4,5)6)15(18(28)30-21(7,8)9)23-12(25)10-11-13(26)24(16)23/h10-11,15,22H,1-9H3. The zero-order valence-corrected chi connectivity index (χ0v) is 19.1. The van der Waals surface area contributed by atoms with Crippen LogP contribution in [0.4, 0.5) is 0 Å². The number of nitrogens with zero attached hydrogens (tertiary/aromatic N) is 2. The van der Waals surface area contributed by atoms with Gasteiger partial charge in [0, 0.05) is 17.7 Å². The van der Waals surface area contributed by atoms with E-state index >= 15 is 0 Å². The Labute approximate surface area is 175 Å². The van der Waals surface area contributed by atoms with Crippen molar-refractivity contribution in [2.45, 2.75) is 85.1 Å². The lowest BCUT2D eigenvalue weighted by Gasteiger charge is -2.26. The summed E-state index contributed by atoms with van der Waals surface area (Å²) < 4.78 is 12.9. The minimum Gasteiger partial charge on any atom is -0.458 e. The molecular weight excluding hydrogens is 390 g/mol. The molecule has 0 aromatic carbocycles. The van der Waals surface area contributed by atoms with E-state index in [1.54, 1.807) is 41.5 Å².